The summed E-state index contributed by atoms with van der Waals surface area (Å²) in [6, 6.07) is 12.9. The largest absolute Gasteiger partial charge is 0.493 e. The predicted octanol–water partition coefficient (Wildman–Crippen LogP) is 3.80. The van der Waals surface area contributed by atoms with E-state index in [1.54, 1.807) is 32.2 Å². The van der Waals surface area contributed by atoms with Crippen molar-refractivity contribution in [2.45, 2.75) is 20.3 Å². The first-order valence-electron chi connectivity index (χ1n) is 9.19. The number of anilines is 1. The van der Waals surface area contributed by atoms with Crippen LogP contribution in [0.25, 0.3) is 0 Å². The van der Waals surface area contributed by atoms with E-state index < -0.39 is 0 Å². The predicted molar refractivity (Wildman–Crippen MR) is 114 cm³/mol. The summed E-state index contributed by atoms with van der Waals surface area (Å²) >= 11 is 5.33. The molecule has 2 N–H and O–H groups in total. The van der Waals surface area contributed by atoms with E-state index in [9.17, 15) is 4.79 Å². The van der Waals surface area contributed by atoms with Crippen molar-refractivity contribution < 1.29 is 19.0 Å². The number of hydrogen-bond donors (Lipinski definition) is 2. The lowest BCUT2D eigenvalue weighted by atomic mass is 10.1. The number of carbonyl (C=O) groups is 1. The number of methoxy groups -OCH3 is 1. The summed E-state index contributed by atoms with van der Waals surface area (Å²) < 4.78 is 15.9. The van der Waals surface area contributed by atoms with E-state index in [-0.39, 0.29) is 5.97 Å². The van der Waals surface area contributed by atoms with E-state index in [1.807, 2.05) is 31.2 Å². The van der Waals surface area contributed by atoms with Crippen molar-refractivity contribution in [2.24, 2.45) is 0 Å². The van der Waals surface area contributed by atoms with Crippen molar-refractivity contribution in [3.63, 3.8) is 0 Å². The van der Waals surface area contributed by atoms with Gasteiger partial charge in [0.1, 0.15) is 0 Å². The van der Waals surface area contributed by atoms with E-state index in [0.29, 0.717) is 30.4 Å². The van der Waals surface area contributed by atoms with Crippen LogP contribution < -0.4 is 20.1 Å². The SMILES string of the molecule is CCOC(=O)c1cccc(NC(=S)NCCc2ccc(OCC)c(OC)c2)c1. The molecule has 0 aliphatic rings. The van der Waals surface area contributed by atoms with Crippen LogP contribution >= 0.6 is 12.2 Å². The van der Waals surface area contributed by atoms with Crippen LogP contribution in [-0.4, -0.2) is 38.0 Å². The summed E-state index contributed by atoms with van der Waals surface area (Å²) in [7, 11) is 1.63. The number of hydrogen-bond acceptors (Lipinski definition) is 5. The molecule has 0 atom stereocenters. The van der Waals surface area contributed by atoms with Gasteiger partial charge in [0.2, 0.25) is 0 Å². The molecule has 6 nitrogen and oxygen atoms in total. The second-order valence-corrected chi connectivity index (χ2v) is 6.26. The van der Waals surface area contributed by atoms with Crippen molar-refractivity contribution in [2.75, 3.05) is 32.2 Å². The Morgan fingerprint density at radius 3 is 2.61 bits per heavy atom. The topological polar surface area (TPSA) is 68.8 Å². The maximum absolute atomic E-state index is 11.8. The molecular weight excluding hydrogens is 376 g/mol. The van der Waals surface area contributed by atoms with Gasteiger partial charge in [-0.25, -0.2) is 4.79 Å². The van der Waals surface area contributed by atoms with Crippen LogP contribution in [0, 0.1) is 0 Å². The van der Waals surface area contributed by atoms with Crippen LogP contribution in [0.15, 0.2) is 42.5 Å². The molecule has 0 amide bonds. The Balaban J connectivity index is 1.86. The minimum atomic E-state index is -0.352. The van der Waals surface area contributed by atoms with E-state index in [2.05, 4.69) is 10.6 Å². The van der Waals surface area contributed by atoms with Crippen LogP contribution in [0.3, 0.4) is 0 Å². The fraction of sp³-hybridized carbons (Fsp3) is 0.333. The smallest absolute Gasteiger partial charge is 0.338 e. The number of esters is 1. The summed E-state index contributed by atoms with van der Waals surface area (Å²) in [5.41, 5.74) is 2.32. The molecule has 0 fully saturated rings. The zero-order chi connectivity index (χ0) is 20.4. The Morgan fingerprint density at radius 1 is 1.07 bits per heavy atom. The summed E-state index contributed by atoms with van der Waals surface area (Å²) in [4.78, 5) is 11.8. The monoisotopic (exact) mass is 402 g/mol. The molecule has 0 heterocycles. The minimum absolute atomic E-state index is 0.340. The van der Waals surface area contributed by atoms with Crippen molar-refractivity contribution in [3.05, 3.63) is 53.6 Å². The van der Waals surface area contributed by atoms with Gasteiger partial charge < -0.3 is 24.8 Å². The van der Waals surface area contributed by atoms with Crippen molar-refractivity contribution >= 4 is 29.0 Å². The molecule has 7 heteroatoms. The van der Waals surface area contributed by atoms with Gasteiger partial charge in [-0.2, -0.15) is 0 Å². The minimum Gasteiger partial charge on any atom is -0.493 e. The molecule has 2 aromatic rings. The highest BCUT2D eigenvalue weighted by molar-refractivity contribution is 7.80. The first-order chi connectivity index (χ1) is 13.6. The molecule has 0 saturated carbocycles. The second kappa shape index (κ2) is 11.1. The van der Waals surface area contributed by atoms with Gasteiger partial charge in [0.05, 0.1) is 25.9 Å². The molecule has 0 aliphatic carbocycles. The first kappa shape index (κ1) is 21.5. The van der Waals surface area contributed by atoms with E-state index in [4.69, 9.17) is 26.4 Å². The standard InChI is InChI=1S/C21H26N2O4S/c1-4-26-18-10-9-15(13-19(18)25-3)11-12-22-21(28)23-17-8-6-7-16(14-17)20(24)27-5-2/h6-10,13-14H,4-5,11-12H2,1-3H3,(H2,22,23,28). The number of benzene rings is 2. The number of thiocarbonyl (C=S) groups is 1. The number of nitrogens with one attached hydrogen (secondary N) is 2. The zero-order valence-electron chi connectivity index (χ0n) is 16.4. The third kappa shape index (κ3) is 6.42. The quantitative estimate of drug-likeness (QED) is 0.488. The Hall–Kier alpha value is -2.80. The summed E-state index contributed by atoms with van der Waals surface area (Å²) in [6.45, 7) is 5.30. The van der Waals surface area contributed by atoms with Gasteiger partial charge in [0, 0.05) is 12.2 Å². The first-order valence-corrected chi connectivity index (χ1v) is 9.60. The highest BCUT2D eigenvalue weighted by Crippen LogP contribution is 2.28. The zero-order valence-corrected chi connectivity index (χ0v) is 17.2. The third-order valence-corrected chi connectivity index (χ3v) is 4.11. The van der Waals surface area contributed by atoms with Crippen molar-refractivity contribution in [1.29, 1.82) is 0 Å². The van der Waals surface area contributed by atoms with Crippen LogP contribution in [0.1, 0.15) is 29.8 Å². The fourth-order valence-corrected chi connectivity index (χ4v) is 2.80. The van der Waals surface area contributed by atoms with Crippen LogP contribution in [0.2, 0.25) is 0 Å². The second-order valence-electron chi connectivity index (χ2n) is 5.85. The van der Waals surface area contributed by atoms with Crippen LogP contribution in [0.5, 0.6) is 11.5 Å². The van der Waals surface area contributed by atoms with Crippen molar-refractivity contribution in [3.8, 4) is 11.5 Å². The van der Waals surface area contributed by atoms with Gasteiger partial charge in [-0.1, -0.05) is 12.1 Å². The lowest BCUT2D eigenvalue weighted by Crippen LogP contribution is -2.30. The van der Waals surface area contributed by atoms with Crippen LogP contribution in [0.4, 0.5) is 5.69 Å². The summed E-state index contributed by atoms with van der Waals surface area (Å²) in [5.74, 6) is 1.10. The van der Waals surface area contributed by atoms with Gasteiger partial charge in [0.25, 0.3) is 0 Å². The Labute approximate surface area is 171 Å². The Morgan fingerprint density at radius 2 is 1.89 bits per heavy atom. The maximum atomic E-state index is 11.8. The van der Waals surface area contributed by atoms with E-state index in [1.165, 1.54) is 0 Å². The van der Waals surface area contributed by atoms with E-state index in [0.717, 1.165) is 29.2 Å². The van der Waals surface area contributed by atoms with Gasteiger partial charge in [-0.05, 0) is 68.4 Å². The van der Waals surface area contributed by atoms with Crippen LogP contribution in [-0.2, 0) is 11.2 Å². The molecule has 2 aromatic carbocycles. The molecule has 0 bridgehead atoms. The lowest BCUT2D eigenvalue weighted by molar-refractivity contribution is 0.0526. The van der Waals surface area contributed by atoms with Crippen molar-refractivity contribution in [1.82, 2.24) is 5.32 Å². The van der Waals surface area contributed by atoms with Gasteiger partial charge in [0.15, 0.2) is 16.6 Å². The molecule has 28 heavy (non-hydrogen) atoms. The molecule has 0 aliphatic heterocycles. The molecule has 2 rings (SSSR count). The molecule has 0 aromatic heterocycles. The average molecular weight is 403 g/mol. The molecule has 0 spiro atoms. The normalized spacial score (nSPS) is 10.1. The number of ether oxygens (including phenoxy) is 3. The van der Waals surface area contributed by atoms with Gasteiger partial charge >= 0.3 is 5.97 Å². The molecular formula is C21H26N2O4S. The summed E-state index contributed by atoms with van der Waals surface area (Å²) in [6.07, 6.45) is 0.771. The van der Waals surface area contributed by atoms with E-state index >= 15 is 0 Å². The van der Waals surface area contributed by atoms with Gasteiger partial charge in [-0.15, -0.1) is 0 Å². The molecule has 0 unspecified atom stereocenters. The highest BCUT2D eigenvalue weighted by Gasteiger charge is 2.08. The molecule has 150 valence electrons. The third-order valence-electron chi connectivity index (χ3n) is 3.86. The Kier molecular flexibility index (Phi) is 8.55. The average Bonchev–Trinajstić information content (AvgIpc) is 2.69. The maximum Gasteiger partial charge on any atom is 0.338 e. The number of rotatable bonds is 9. The molecule has 0 radical (unpaired) electrons. The lowest BCUT2D eigenvalue weighted by Gasteiger charge is -2.13. The number of carbonyl (C=O) groups excluding carboxylic acids is 1. The molecule has 0 saturated heterocycles. The summed E-state index contributed by atoms with van der Waals surface area (Å²) in [5, 5.41) is 6.73. The van der Waals surface area contributed by atoms with Gasteiger partial charge in [-0.3, -0.25) is 0 Å². The Bertz CT molecular complexity index is 811. The fourth-order valence-electron chi connectivity index (χ4n) is 2.58. The highest BCUT2D eigenvalue weighted by atomic mass is 32.1.